The van der Waals surface area contributed by atoms with E-state index in [0.29, 0.717) is 17.1 Å². The highest BCUT2D eigenvalue weighted by molar-refractivity contribution is 6.07. The Labute approximate surface area is 144 Å². The first-order valence-corrected chi connectivity index (χ1v) is 7.61. The Kier molecular flexibility index (Phi) is 4.71. The number of non-ortho nitro benzene ring substituents is 1. The maximum atomic E-state index is 12.8. The molecule has 0 radical (unpaired) electrons. The average Bonchev–Trinajstić information content (AvgIpc) is 2.64. The van der Waals surface area contributed by atoms with E-state index in [2.05, 4.69) is 5.32 Å². The second-order valence-electron chi connectivity index (χ2n) is 5.24. The Hall–Kier alpha value is -3.67. The molecule has 0 atom stereocenters. The molecular weight excluding hydrogens is 318 g/mol. The third-order valence-electron chi connectivity index (χ3n) is 3.56. The minimum atomic E-state index is -0.472. The highest BCUT2D eigenvalue weighted by Crippen LogP contribution is 2.28. The van der Waals surface area contributed by atoms with Crippen molar-refractivity contribution in [3.05, 3.63) is 95.0 Å². The predicted molar refractivity (Wildman–Crippen MR) is 97.1 cm³/mol. The molecule has 0 saturated carbocycles. The number of para-hydroxylation sites is 2. The fraction of sp³-hybridized carbons (Fsp3) is 0. The lowest BCUT2D eigenvalue weighted by Crippen LogP contribution is -2.30. The lowest BCUT2D eigenvalue weighted by atomic mass is 10.2. The van der Waals surface area contributed by atoms with Crippen LogP contribution in [0.3, 0.4) is 0 Å². The molecule has 0 bridgehead atoms. The zero-order valence-corrected chi connectivity index (χ0v) is 13.2. The molecule has 0 aliphatic rings. The van der Waals surface area contributed by atoms with Crippen LogP contribution in [0.2, 0.25) is 0 Å². The minimum Gasteiger partial charge on any atom is -0.307 e. The topological polar surface area (TPSA) is 75.5 Å². The van der Waals surface area contributed by atoms with Crippen molar-refractivity contribution >= 4 is 28.8 Å². The second-order valence-corrected chi connectivity index (χ2v) is 5.24. The summed E-state index contributed by atoms with van der Waals surface area (Å²) >= 11 is 0. The zero-order valence-electron chi connectivity index (χ0n) is 13.2. The molecule has 2 amide bonds. The summed E-state index contributed by atoms with van der Waals surface area (Å²) in [6.45, 7) is 0. The van der Waals surface area contributed by atoms with E-state index in [1.165, 1.54) is 17.0 Å². The highest BCUT2D eigenvalue weighted by Gasteiger charge is 2.19. The lowest BCUT2D eigenvalue weighted by Gasteiger charge is -2.23. The van der Waals surface area contributed by atoms with Crippen molar-refractivity contribution in [3.63, 3.8) is 0 Å². The molecule has 0 aliphatic heterocycles. The number of anilines is 3. The summed E-state index contributed by atoms with van der Waals surface area (Å²) in [5.74, 6) is 0. The van der Waals surface area contributed by atoms with Crippen LogP contribution in [0.15, 0.2) is 84.9 Å². The summed E-state index contributed by atoms with van der Waals surface area (Å²) in [7, 11) is 0. The van der Waals surface area contributed by atoms with E-state index >= 15 is 0 Å². The van der Waals surface area contributed by atoms with E-state index in [1.54, 1.807) is 36.4 Å². The van der Waals surface area contributed by atoms with Crippen LogP contribution in [0.5, 0.6) is 0 Å². The molecule has 3 aromatic rings. The molecule has 25 heavy (non-hydrogen) atoms. The van der Waals surface area contributed by atoms with Crippen molar-refractivity contribution in [1.82, 2.24) is 0 Å². The fourth-order valence-corrected chi connectivity index (χ4v) is 2.38. The van der Waals surface area contributed by atoms with Crippen LogP contribution in [0.4, 0.5) is 27.5 Å². The van der Waals surface area contributed by atoms with Crippen molar-refractivity contribution in [3.8, 4) is 0 Å². The predicted octanol–water partition coefficient (Wildman–Crippen LogP) is 4.97. The molecule has 0 spiro atoms. The van der Waals surface area contributed by atoms with Crippen molar-refractivity contribution < 1.29 is 9.72 Å². The van der Waals surface area contributed by atoms with Crippen LogP contribution in [0.1, 0.15) is 0 Å². The third kappa shape index (κ3) is 3.81. The minimum absolute atomic E-state index is 0.0276. The van der Waals surface area contributed by atoms with Gasteiger partial charge in [0.15, 0.2) is 0 Å². The van der Waals surface area contributed by atoms with Gasteiger partial charge < -0.3 is 5.32 Å². The van der Waals surface area contributed by atoms with Crippen molar-refractivity contribution in [1.29, 1.82) is 0 Å². The number of amides is 2. The van der Waals surface area contributed by atoms with E-state index in [-0.39, 0.29) is 11.7 Å². The maximum Gasteiger partial charge on any atom is 0.330 e. The molecule has 6 heteroatoms. The SMILES string of the molecule is O=C(Nc1ccccc1)N(c1ccccc1)c1ccc([N+](=O)[O-])cc1. The molecule has 124 valence electrons. The largest absolute Gasteiger partial charge is 0.330 e. The molecule has 0 heterocycles. The van der Waals surface area contributed by atoms with Gasteiger partial charge in [0.2, 0.25) is 0 Å². The number of benzene rings is 3. The number of nitro groups is 1. The Balaban J connectivity index is 1.95. The number of nitro benzene ring substituents is 1. The molecule has 0 saturated heterocycles. The molecule has 6 nitrogen and oxygen atoms in total. The van der Waals surface area contributed by atoms with Gasteiger partial charge in [-0.1, -0.05) is 36.4 Å². The second kappa shape index (κ2) is 7.27. The van der Waals surface area contributed by atoms with Gasteiger partial charge in [-0.2, -0.15) is 0 Å². The van der Waals surface area contributed by atoms with Gasteiger partial charge >= 0.3 is 6.03 Å². The number of hydrogen-bond acceptors (Lipinski definition) is 3. The smallest absolute Gasteiger partial charge is 0.307 e. The van der Waals surface area contributed by atoms with Crippen LogP contribution in [-0.2, 0) is 0 Å². The number of nitrogens with zero attached hydrogens (tertiary/aromatic N) is 2. The van der Waals surface area contributed by atoms with Crippen LogP contribution < -0.4 is 10.2 Å². The number of carbonyl (C=O) groups excluding carboxylic acids is 1. The molecular formula is C19H15N3O3. The summed E-state index contributed by atoms with van der Waals surface area (Å²) in [5.41, 5.74) is 1.82. The van der Waals surface area contributed by atoms with E-state index in [4.69, 9.17) is 0 Å². The van der Waals surface area contributed by atoms with Gasteiger partial charge in [0.1, 0.15) is 0 Å². The number of hydrogen-bond donors (Lipinski definition) is 1. The Bertz CT molecular complexity index is 865. The summed E-state index contributed by atoms with van der Waals surface area (Å²) in [4.78, 5) is 24.7. The third-order valence-corrected chi connectivity index (χ3v) is 3.56. The molecule has 0 aliphatic carbocycles. The van der Waals surface area contributed by atoms with Crippen LogP contribution in [0.25, 0.3) is 0 Å². The van der Waals surface area contributed by atoms with E-state index in [0.717, 1.165) is 0 Å². The Morgan fingerprint density at radius 1 is 0.800 bits per heavy atom. The molecule has 0 unspecified atom stereocenters. The highest BCUT2D eigenvalue weighted by atomic mass is 16.6. The Morgan fingerprint density at radius 3 is 1.88 bits per heavy atom. The van der Waals surface area contributed by atoms with Crippen molar-refractivity contribution in [2.24, 2.45) is 0 Å². The lowest BCUT2D eigenvalue weighted by molar-refractivity contribution is -0.384. The number of rotatable bonds is 4. The number of nitrogens with one attached hydrogen (secondary N) is 1. The molecule has 0 aromatic heterocycles. The molecule has 0 fully saturated rings. The maximum absolute atomic E-state index is 12.8. The van der Waals surface area contributed by atoms with Gasteiger partial charge in [-0.05, 0) is 36.4 Å². The van der Waals surface area contributed by atoms with Crippen molar-refractivity contribution in [2.45, 2.75) is 0 Å². The van der Waals surface area contributed by atoms with Gasteiger partial charge in [-0.15, -0.1) is 0 Å². The monoisotopic (exact) mass is 333 g/mol. The van der Waals surface area contributed by atoms with Gasteiger partial charge in [0.25, 0.3) is 5.69 Å². The van der Waals surface area contributed by atoms with E-state index < -0.39 is 4.92 Å². The summed E-state index contributed by atoms with van der Waals surface area (Å²) in [5, 5.41) is 13.7. The van der Waals surface area contributed by atoms with Gasteiger partial charge in [0, 0.05) is 17.8 Å². The van der Waals surface area contributed by atoms with E-state index in [9.17, 15) is 14.9 Å². The summed E-state index contributed by atoms with van der Waals surface area (Å²) in [6, 6.07) is 23.7. The van der Waals surface area contributed by atoms with Gasteiger partial charge in [-0.3, -0.25) is 15.0 Å². The van der Waals surface area contributed by atoms with Crippen LogP contribution in [-0.4, -0.2) is 11.0 Å². The number of carbonyl (C=O) groups is 1. The Morgan fingerprint density at radius 2 is 1.32 bits per heavy atom. The van der Waals surface area contributed by atoms with Crippen molar-refractivity contribution in [2.75, 3.05) is 10.2 Å². The molecule has 1 N–H and O–H groups in total. The average molecular weight is 333 g/mol. The quantitative estimate of drug-likeness (QED) is 0.541. The first-order valence-electron chi connectivity index (χ1n) is 7.61. The first-order chi connectivity index (χ1) is 12.1. The first kappa shape index (κ1) is 16.2. The van der Waals surface area contributed by atoms with Gasteiger partial charge in [0.05, 0.1) is 16.3 Å². The standard InChI is InChI=1S/C19H15N3O3/c23-19(20-15-7-3-1-4-8-15)21(16-9-5-2-6-10-16)17-11-13-18(14-12-17)22(24)25/h1-14H,(H,20,23). The van der Waals surface area contributed by atoms with Crippen LogP contribution >= 0.6 is 0 Å². The summed E-state index contributed by atoms with van der Waals surface area (Å²) in [6.07, 6.45) is 0. The van der Waals surface area contributed by atoms with Gasteiger partial charge in [-0.25, -0.2) is 4.79 Å². The van der Waals surface area contributed by atoms with Crippen LogP contribution in [0, 0.1) is 10.1 Å². The summed E-state index contributed by atoms with van der Waals surface area (Å²) < 4.78 is 0. The molecule has 3 rings (SSSR count). The fourth-order valence-electron chi connectivity index (χ4n) is 2.38. The normalized spacial score (nSPS) is 10.1. The molecule has 3 aromatic carbocycles. The zero-order chi connectivity index (χ0) is 17.6. The van der Waals surface area contributed by atoms with E-state index in [1.807, 2.05) is 36.4 Å². The number of urea groups is 1.